The number of nitrogens with zero attached hydrogens (tertiary/aromatic N) is 2. The Morgan fingerprint density at radius 3 is 1.43 bits per heavy atom. The van der Waals surface area contributed by atoms with Crippen LogP contribution in [0.25, 0.3) is 127 Å². The van der Waals surface area contributed by atoms with Gasteiger partial charge in [0.15, 0.2) is 0 Å². The molecule has 0 N–H and O–H groups in total. The minimum absolute atomic E-state index is 0.868. The number of pyridine rings is 1. The molecule has 0 aliphatic rings. The fourth-order valence-electron chi connectivity index (χ4n) is 9.72. The Balaban J connectivity index is 1.08. The second-order valence-electron chi connectivity index (χ2n) is 16.3. The second-order valence-corrected chi connectivity index (χ2v) is 16.3. The Kier molecular flexibility index (Phi) is 7.87. The second kappa shape index (κ2) is 14.1. The van der Waals surface area contributed by atoms with E-state index in [0.717, 1.165) is 116 Å². The van der Waals surface area contributed by atoms with E-state index in [4.69, 9.17) is 13.8 Å². The smallest absolute Gasteiger partial charge is 0.136 e. The van der Waals surface area contributed by atoms with Crippen molar-refractivity contribution in [2.24, 2.45) is 0 Å². The first-order valence-corrected chi connectivity index (χ1v) is 21.4. The SMILES string of the molecule is c1ccc(-c2cc(-c3cc(-c4cccc5oc6ccccc6c45)cc(-n4c5ccccc5c5cc(-c6cccc7oc8ccccc8c67)ccc54)c3)cc(-c3ccccc3)n2)cc1. The van der Waals surface area contributed by atoms with Crippen LogP contribution in [0.1, 0.15) is 0 Å². The summed E-state index contributed by atoms with van der Waals surface area (Å²) >= 11 is 0. The zero-order chi connectivity index (χ0) is 41.4. The minimum atomic E-state index is 0.868. The number of benzene rings is 9. The summed E-state index contributed by atoms with van der Waals surface area (Å²) in [7, 11) is 0. The van der Waals surface area contributed by atoms with E-state index in [-0.39, 0.29) is 0 Å². The summed E-state index contributed by atoms with van der Waals surface area (Å²) < 4.78 is 15.2. The van der Waals surface area contributed by atoms with Crippen molar-refractivity contribution >= 4 is 65.7 Å². The standard InChI is InChI=1S/C59H36N2O2/c1-3-15-37(16-4-1)50-35-41(36-51(60-50)38-17-5-2-6-18-38)40-31-42(45-23-14-28-57-59(45)48-21-9-12-26-55(48)63-57)33-43(32-40)61-52-24-10-7-19-46(52)49-34-39(29-30-53(49)61)44-22-13-27-56-58(44)47-20-8-11-25-54(47)62-56/h1-36H. The number of hydrogen-bond donors (Lipinski definition) is 0. The topological polar surface area (TPSA) is 44.1 Å². The van der Waals surface area contributed by atoms with Gasteiger partial charge in [0.05, 0.1) is 22.4 Å². The molecule has 9 aromatic carbocycles. The van der Waals surface area contributed by atoms with E-state index >= 15 is 0 Å². The fraction of sp³-hybridized carbons (Fsp3) is 0. The van der Waals surface area contributed by atoms with Crippen LogP contribution in [0.3, 0.4) is 0 Å². The van der Waals surface area contributed by atoms with Gasteiger partial charge in [-0.2, -0.15) is 0 Å². The highest BCUT2D eigenvalue weighted by Gasteiger charge is 2.20. The van der Waals surface area contributed by atoms with E-state index in [1.54, 1.807) is 0 Å². The number of aromatic nitrogens is 2. The summed E-state index contributed by atoms with van der Waals surface area (Å²) in [6.07, 6.45) is 0. The van der Waals surface area contributed by atoms with Crippen LogP contribution in [0.4, 0.5) is 0 Å². The molecule has 0 fully saturated rings. The Hall–Kier alpha value is -8.47. The molecule has 4 nitrogen and oxygen atoms in total. The van der Waals surface area contributed by atoms with Crippen molar-refractivity contribution in [3.63, 3.8) is 0 Å². The van der Waals surface area contributed by atoms with Gasteiger partial charge in [-0.25, -0.2) is 4.98 Å². The first-order chi connectivity index (χ1) is 31.2. The van der Waals surface area contributed by atoms with E-state index in [1.165, 1.54) is 10.8 Å². The normalized spacial score (nSPS) is 11.8. The molecule has 0 bridgehead atoms. The molecule has 294 valence electrons. The molecule has 0 amide bonds. The van der Waals surface area contributed by atoms with Crippen molar-refractivity contribution in [1.82, 2.24) is 9.55 Å². The van der Waals surface area contributed by atoms with Gasteiger partial charge in [0.2, 0.25) is 0 Å². The molecule has 4 heteroatoms. The summed E-state index contributed by atoms with van der Waals surface area (Å²) in [4.78, 5) is 5.24. The minimum Gasteiger partial charge on any atom is -0.456 e. The van der Waals surface area contributed by atoms with E-state index in [0.29, 0.717) is 0 Å². The van der Waals surface area contributed by atoms with Gasteiger partial charge in [0.25, 0.3) is 0 Å². The molecule has 4 heterocycles. The lowest BCUT2D eigenvalue weighted by Gasteiger charge is -2.16. The average molecular weight is 805 g/mol. The Morgan fingerprint density at radius 1 is 0.302 bits per heavy atom. The first-order valence-electron chi connectivity index (χ1n) is 21.4. The Morgan fingerprint density at radius 2 is 0.794 bits per heavy atom. The predicted molar refractivity (Wildman–Crippen MR) is 260 cm³/mol. The van der Waals surface area contributed by atoms with E-state index < -0.39 is 0 Å². The summed E-state index contributed by atoms with van der Waals surface area (Å²) in [6, 6.07) is 77.5. The monoisotopic (exact) mass is 804 g/mol. The molecule has 0 aliphatic carbocycles. The highest BCUT2D eigenvalue weighted by molar-refractivity contribution is 6.16. The molecule has 0 saturated heterocycles. The molecule has 0 atom stereocenters. The molecular weight excluding hydrogens is 769 g/mol. The summed E-state index contributed by atoms with van der Waals surface area (Å²) in [5, 5.41) is 6.84. The van der Waals surface area contributed by atoms with Gasteiger partial charge in [-0.1, -0.05) is 146 Å². The highest BCUT2D eigenvalue weighted by Crippen LogP contribution is 2.43. The van der Waals surface area contributed by atoms with Crippen molar-refractivity contribution in [1.29, 1.82) is 0 Å². The summed E-state index contributed by atoms with van der Waals surface area (Å²) in [6.45, 7) is 0. The van der Waals surface area contributed by atoms with Crippen molar-refractivity contribution in [3.05, 3.63) is 218 Å². The van der Waals surface area contributed by atoms with Crippen LogP contribution in [0.15, 0.2) is 227 Å². The number of fused-ring (bicyclic) bond motifs is 9. The van der Waals surface area contributed by atoms with Crippen molar-refractivity contribution in [2.45, 2.75) is 0 Å². The van der Waals surface area contributed by atoms with Crippen molar-refractivity contribution in [2.75, 3.05) is 0 Å². The molecule has 0 saturated carbocycles. The highest BCUT2D eigenvalue weighted by atomic mass is 16.3. The maximum absolute atomic E-state index is 6.45. The van der Waals surface area contributed by atoms with E-state index in [9.17, 15) is 0 Å². The lowest BCUT2D eigenvalue weighted by Crippen LogP contribution is -1.97. The molecule has 0 unspecified atom stereocenters. The van der Waals surface area contributed by atoms with Gasteiger partial charge in [-0.15, -0.1) is 0 Å². The maximum atomic E-state index is 6.45. The zero-order valence-corrected chi connectivity index (χ0v) is 34.0. The Bertz CT molecular complexity index is 3850. The van der Waals surface area contributed by atoms with E-state index in [2.05, 4.69) is 205 Å². The Labute approximate surface area is 362 Å². The fourth-order valence-corrected chi connectivity index (χ4v) is 9.72. The average Bonchev–Trinajstić information content (AvgIpc) is 4.04. The van der Waals surface area contributed by atoms with Gasteiger partial charge in [0, 0.05) is 49.1 Å². The van der Waals surface area contributed by atoms with Crippen LogP contribution in [-0.2, 0) is 0 Å². The van der Waals surface area contributed by atoms with Crippen LogP contribution in [0, 0.1) is 0 Å². The molecule has 13 aromatic rings. The third-order valence-corrected chi connectivity index (χ3v) is 12.6. The number of rotatable bonds is 6. The van der Waals surface area contributed by atoms with Crippen LogP contribution < -0.4 is 0 Å². The van der Waals surface area contributed by atoms with Gasteiger partial charge in [0.1, 0.15) is 22.3 Å². The lowest BCUT2D eigenvalue weighted by molar-refractivity contribution is 0.668. The van der Waals surface area contributed by atoms with Gasteiger partial charge >= 0.3 is 0 Å². The van der Waals surface area contributed by atoms with Crippen LogP contribution in [0.2, 0.25) is 0 Å². The van der Waals surface area contributed by atoms with Gasteiger partial charge < -0.3 is 13.4 Å². The third kappa shape index (κ3) is 5.73. The summed E-state index contributed by atoms with van der Waals surface area (Å²) in [5.41, 5.74) is 17.5. The molecule has 4 aromatic heterocycles. The molecular formula is C59H36N2O2. The number of para-hydroxylation sites is 3. The predicted octanol–water partition coefficient (Wildman–Crippen LogP) is 16.3. The third-order valence-electron chi connectivity index (χ3n) is 12.6. The van der Waals surface area contributed by atoms with Crippen LogP contribution in [0.5, 0.6) is 0 Å². The summed E-state index contributed by atoms with van der Waals surface area (Å²) in [5.74, 6) is 0. The largest absolute Gasteiger partial charge is 0.456 e. The number of hydrogen-bond acceptors (Lipinski definition) is 3. The first kappa shape index (κ1) is 35.3. The van der Waals surface area contributed by atoms with Crippen LogP contribution >= 0.6 is 0 Å². The molecule has 63 heavy (non-hydrogen) atoms. The van der Waals surface area contributed by atoms with Crippen molar-refractivity contribution in [3.8, 4) is 61.6 Å². The number of furan rings is 2. The molecule has 0 aliphatic heterocycles. The van der Waals surface area contributed by atoms with Crippen LogP contribution in [-0.4, -0.2) is 9.55 Å². The van der Waals surface area contributed by atoms with Crippen molar-refractivity contribution < 1.29 is 8.83 Å². The molecule has 0 spiro atoms. The lowest BCUT2D eigenvalue weighted by atomic mass is 9.93. The van der Waals surface area contributed by atoms with E-state index in [1.807, 2.05) is 18.2 Å². The molecule has 0 radical (unpaired) electrons. The van der Waals surface area contributed by atoms with Gasteiger partial charge in [-0.05, 0) is 106 Å². The quantitative estimate of drug-likeness (QED) is 0.168. The maximum Gasteiger partial charge on any atom is 0.136 e. The van der Waals surface area contributed by atoms with Gasteiger partial charge in [-0.3, -0.25) is 0 Å². The molecule has 13 rings (SSSR count). The zero-order valence-electron chi connectivity index (χ0n) is 34.0.